The van der Waals surface area contributed by atoms with Crippen molar-refractivity contribution in [2.24, 2.45) is 0 Å². The summed E-state index contributed by atoms with van der Waals surface area (Å²) in [6, 6.07) is 7.44. The Morgan fingerprint density at radius 2 is 2.00 bits per heavy atom. The maximum atomic E-state index is 12.1. The highest BCUT2D eigenvalue weighted by atomic mass is 16.5. The Balaban J connectivity index is 1.96. The van der Waals surface area contributed by atoms with E-state index in [0.29, 0.717) is 11.3 Å². The molecule has 0 N–H and O–H groups in total. The number of imide groups is 1. The highest BCUT2D eigenvalue weighted by Gasteiger charge is 2.31. The lowest BCUT2D eigenvalue weighted by atomic mass is 10.1. The first-order valence-electron chi connectivity index (χ1n) is 7.24. The van der Waals surface area contributed by atoms with Gasteiger partial charge < -0.3 is 4.74 Å². The molecule has 0 radical (unpaired) electrons. The van der Waals surface area contributed by atoms with Crippen molar-refractivity contribution in [3.63, 3.8) is 0 Å². The van der Waals surface area contributed by atoms with Crippen LogP contribution in [0.3, 0.4) is 0 Å². The number of amides is 2. The van der Waals surface area contributed by atoms with E-state index >= 15 is 0 Å². The Bertz CT molecular complexity index is 724. The molecule has 0 aliphatic carbocycles. The highest BCUT2D eigenvalue weighted by Crippen LogP contribution is 2.21. The molecule has 0 bridgehead atoms. The number of allylic oxidation sites excluding steroid dienone is 1. The van der Waals surface area contributed by atoms with Gasteiger partial charge in [0.2, 0.25) is 11.6 Å². The van der Waals surface area contributed by atoms with Gasteiger partial charge >= 0.3 is 0 Å². The van der Waals surface area contributed by atoms with E-state index in [1.807, 2.05) is 31.2 Å². The van der Waals surface area contributed by atoms with Crippen LogP contribution in [0.2, 0.25) is 0 Å². The minimum absolute atomic E-state index is 0.0374. The Labute approximate surface area is 135 Å². The van der Waals surface area contributed by atoms with Crippen molar-refractivity contribution >= 4 is 17.4 Å². The van der Waals surface area contributed by atoms with Crippen molar-refractivity contribution in [2.75, 3.05) is 13.2 Å². The van der Waals surface area contributed by atoms with Gasteiger partial charge in [0.25, 0.3) is 5.91 Å². The van der Waals surface area contributed by atoms with E-state index in [-0.39, 0.29) is 31.2 Å². The van der Waals surface area contributed by atoms with E-state index in [2.05, 4.69) is 11.4 Å². The number of nitrogens with zero attached hydrogens (tertiary/aromatic N) is 2. The molecule has 0 aromatic heterocycles. The molecule has 0 saturated carbocycles. The summed E-state index contributed by atoms with van der Waals surface area (Å²) in [6.45, 7) is 14.8. The zero-order chi connectivity index (χ0) is 17.0. The molecule has 0 spiro atoms. The van der Waals surface area contributed by atoms with Gasteiger partial charge in [-0.05, 0) is 24.6 Å². The summed E-state index contributed by atoms with van der Waals surface area (Å²) in [7, 11) is 0. The van der Waals surface area contributed by atoms with Gasteiger partial charge in [0.05, 0.1) is 13.1 Å². The topological polar surface area (TPSA) is 51.0 Å². The second-order valence-corrected chi connectivity index (χ2v) is 5.42. The van der Waals surface area contributed by atoms with Crippen molar-refractivity contribution in [3.8, 4) is 5.75 Å². The molecule has 1 aliphatic heterocycles. The van der Waals surface area contributed by atoms with E-state index in [1.54, 1.807) is 6.92 Å². The normalized spacial score (nSPS) is 14.7. The lowest BCUT2D eigenvalue weighted by Gasteiger charge is -2.25. The van der Waals surface area contributed by atoms with E-state index in [4.69, 9.17) is 11.3 Å². The Kier molecular flexibility index (Phi) is 4.97. The maximum absolute atomic E-state index is 12.1. The van der Waals surface area contributed by atoms with Gasteiger partial charge in [-0.2, -0.15) is 0 Å². The number of hydrogen-bond donors (Lipinski definition) is 0. The van der Waals surface area contributed by atoms with E-state index in [0.717, 1.165) is 16.0 Å². The number of carbonyl (C=O) groups is 2. The van der Waals surface area contributed by atoms with E-state index < -0.39 is 5.91 Å². The largest absolute Gasteiger partial charge is 0.492 e. The molecule has 118 valence electrons. The van der Waals surface area contributed by atoms with Crippen LogP contribution in [0, 0.1) is 6.57 Å². The first-order chi connectivity index (χ1) is 10.9. The van der Waals surface area contributed by atoms with Gasteiger partial charge in [-0.1, -0.05) is 36.8 Å². The molecule has 5 nitrogen and oxygen atoms in total. The summed E-state index contributed by atoms with van der Waals surface area (Å²) in [5.74, 6) is -0.167. The molecule has 23 heavy (non-hydrogen) atoms. The number of benzene rings is 1. The van der Waals surface area contributed by atoms with Gasteiger partial charge in [0.1, 0.15) is 12.4 Å². The quantitative estimate of drug-likeness (QED) is 0.620. The highest BCUT2D eigenvalue weighted by molar-refractivity contribution is 6.09. The number of hydrogen-bond acceptors (Lipinski definition) is 3. The standard InChI is InChI=1S/C18H18N2O3/c1-12(2)14-5-7-15(8-6-14)23-10-9-20-16(21)11-13(3)17(19-4)18(20)22/h5-8H,1,9-11H2,2-3H3. The van der Waals surface area contributed by atoms with Crippen molar-refractivity contribution in [2.45, 2.75) is 20.3 Å². The van der Waals surface area contributed by atoms with Crippen LogP contribution < -0.4 is 4.74 Å². The van der Waals surface area contributed by atoms with Crippen LogP contribution >= 0.6 is 0 Å². The third-order valence-electron chi connectivity index (χ3n) is 3.61. The van der Waals surface area contributed by atoms with Gasteiger partial charge in [-0.3, -0.25) is 14.5 Å². The van der Waals surface area contributed by atoms with E-state index in [9.17, 15) is 9.59 Å². The van der Waals surface area contributed by atoms with Crippen molar-refractivity contribution in [1.29, 1.82) is 0 Å². The predicted molar refractivity (Wildman–Crippen MR) is 87.3 cm³/mol. The van der Waals surface area contributed by atoms with Crippen molar-refractivity contribution < 1.29 is 14.3 Å². The molecule has 1 heterocycles. The Hall–Kier alpha value is -2.87. The van der Waals surface area contributed by atoms with Crippen LogP contribution in [-0.2, 0) is 9.59 Å². The molecule has 0 unspecified atom stereocenters. The molecule has 5 heteroatoms. The van der Waals surface area contributed by atoms with Crippen LogP contribution in [0.1, 0.15) is 25.8 Å². The van der Waals surface area contributed by atoms with Gasteiger partial charge in [-0.25, -0.2) is 4.85 Å². The zero-order valence-corrected chi connectivity index (χ0v) is 13.3. The first kappa shape index (κ1) is 16.5. The summed E-state index contributed by atoms with van der Waals surface area (Å²) in [5.41, 5.74) is 2.56. The molecule has 0 saturated heterocycles. The summed E-state index contributed by atoms with van der Waals surface area (Å²) in [5, 5.41) is 0. The second-order valence-electron chi connectivity index (χ2n) is 5.42. The molecular weight excluding hydrogens is 292 g/mol. The van der Waals surface area contributed by atoms with Crippen molar-refractivity contribution in [3.05, 3.63) is 59.1 Å². The molecule has 0 fully saturated rings. The molecule has 1 aromatic rings. The minimum Gasteiger partial charge on any atom is -0.492 e. The van der Waals surface area contributed by atoms with Gasteiger partial charge in [0.15, 0.2) is 0 Å². The second kappa shape index (κ2) is 6.93. The molecule has 2 amide bonds. The minimum atomic E-state index is -0.532. The van der Waals surface area contributed by atoms with E-state index in [1.165, 1.54) is 0 Å². The van der Waals surface area contributed by atoms with Gasteiger partial charge in [-0.15, -0.1) is 0 Å². The SMILES string of the molecule is [C-]#[N+]C1=C(C)CC(=O)N(CCOc2ccc(C(=C)C)cc2)C1=O. The zero-order valence-electron chi connectivity index (χ0n) is 13.3. The lowest BCUT2D eigenvalue weighted by Crippen LogP contribution is -2.43. The number of rotatable bonds is 5. The molecule has 1 aliphatic rings. The predicted octanol–water partition coefficient (Wildman–Crippen LogP) is 3.05. The van der Waals surface area contributed by atoms with Crippen LogP contribution in [-0.4, -0.2) is 29.9 Å². The lowest BCUT2D eigenvalue weighted by molar-refractivity contribution is -0.143. The fourth-order valence-electron chi connectivity index (χ4n) is 2.29. The maximum Gasteiger partial charge on any atom is 0.259 e. The number of carbonyl (C=O) groups excluding carboxylic acids is 2. The van der Waals surface area contributed by atoms with Crippen LogP contribution in [0.5, 0.6) is 5.75 Å². The monoisotopic (exact) mass is 310 g/mol. The smallest absolute Gasteiger partial charge is 0.259 e. The molecule has 2 rings (SSSR count). The molecule has 0 atom stereocenters. The Morgan fingerprint density at radius 3 is 2.57 bits per heavy atom. The fourth-order valence-corrected chi connectivity index (χ4v) is 2.29. The van der Waals surface area contributed by atoms with Crippen LogP contribution in [0.4, 0.5) is 0 Å². The summed E-state index contributed by atoms with van der Waals surface area (Å²) >= 11 is 0. The molecule has 1 aromatic carbocycles. The fraction of sp³-hybridized carbons (Fsp3) is 0.278. The Morgan fingerprint density at radius 1 is 1.35 bits per heavy atom. The average Bonchev–Trinajstić information content (AvgIpc) is 2.51. The summed E-state index contributed by atoms with van der Waals surface area (Å²) < 4.78 is 5.57. The third kappa shape index (κ3) is 3.67. The number of ether oxygens (including phenoxy) is 1. The van der Waals surface area contributed by atoms with Crippen LogP contribution in [0.15, 0.2) is 42.1 Å². The summed E-state index contributed by atoms with van der Waals surface area (Å²) in [6.07, 6.45) is 0.108. The first-order valence-corrected chi connectivity index (χ1v) is 7.24. The molecular formula is C18H18N2O3. The third-order valence-corrected chi connectivity index (χ3v) is 3.61. The summed E-state index contributed by atoms with van der Waals surface area (Å²) in [4.78, 5) is 28.4. The van der Waals surface area contributed by atoms with Gasteiger partial charge in [0, 0.05) is 6.42 Å². The van der Waals surface area contributed by atoms with Crippen molar-refractivity contribution in [1.82, 2.24) is 4.90 Å². The van der Waals surface area contributed by atoms with Crippen LogP contribution in [0.25, 0.3) is 10.4 Å². The average molecular weight is 310 g/mol.